The number of fused-ring (bicyclic) bond motifs is 2. The van der Waals surface area contributed by atoms with Crippen LogP contribution in [0.1, 0.15) is 50.5 Å². The monoisotopic (exact) mass is 599 g/mol. The number of rotatable bonds is 5. The van der Waals surface area contributed by atoms with E-state index in [2.05, 4.69) is 25.8 Å². The highest BCUT2D eigenvalue weighted by atomic mass is 79.9. The van der Waals surface area contributed by atoms with Crippen LogP contribution in [0.25, 0.3) is 6.08 Å². The van der Waals surface area contributed by atoms with E-state index in [4.69, 9.17) is 18.6 Å². The van der Waals surface area contributed by atoms with Crippen molar-refractivity contribution in [3.05, 3.63) is 71.0 Å². The third-order valence-electron chi connectivity index (χ3n) is 6.83. The fraction of sp³-hybridized carbons (Fsp3) is 0.370. The van der Waals surface area contributed by atoms with Crippen LogP contribution in [0.2, 0.25) is 0 Å². The first kappa shape index (κ1) is 25.0. The van der Waals surface area contributed by atoms with Gasteiger partial charge in [-0.25, -0.2) is 9.79 Å². The number of furan rings is 1. The van der Waals surface area contributed by atoms with E-state index < -0.39 is 12.0 Å². The van der Waals surface area contributed by atoms with E-state index in [1.54, 1.807) is 36.6 Å². The lowest BCUT2D eigenvalue weighted by Gasteiger charge is -2.26. The Morgan fingerprint density at radius 1 is 1.21 bits per heavy atom. The van der Waals surface area contributed by atoms with Crippen LogP contribution in [0, 0.1) is 0 Å². The number of aromatic nitrogens is 1. The molecule has 3 aliphatic heterocycles. The van der Waals surface area contributed by atoms with E-state index in [0.717, 1.165) is 36.3 Å². The fourth-order valence-electron chi connectivity index (χ4n) is 5.08. The van der Waals surface area contributed by atoms with Gasteiger partial charge in [-0.05, 0) is 66.7 Å². The lowest BCUT2D eigenvalue weighted by Crippen LogP contribution is -2.39. The van der Waals surface area contributed by atoms with Crippen LogP contribution in [0.15, 0.2) is 54.2 Å². The summed E-state index contributed by atoms with van der Waals surface area (Å²) in [5.74, 6) is 2.03. The summed E-state index contributed by atoms with van der Waals surface area (Å²) < 4.78 is 25.4. The summed E-state index contributed by atoms with van der Waals surface area (Å²) in [6, 6.07) is 6.58. The van der Waals surface area contributed by atoms with Gasteiger partial charge >= 0.3 is 5.97 Å². The fourth-order valence-corrected chi connectivity index (χ4v) is 6.66. The van der Waals surface area contributed by atoms with Crippen molar-refractivity contribution in [2.45, 2.75) is 39.2 Å². The maximum Gasteiger partial charge on any atom is 0.338 e. The molecule has 0 bridgehead atoms. The third kappa shape index (κ3) is 4.37. The summed E-state index contributed by atoms with van der Waals surface area (Å²) in [5, 5.41) is 0. The lowest BCUT2D eigenvalue weighted by molar-refractivity contribution is -0.139. The van der Waals surface area contributed by atoms with Crippen molar-refractivity contribution in [1.82, 2.24) is 4.57 Å². The van der Waals surface area contributed by atoms with Crippen LogP contribution >= 0.6 is 27.3 Å². The molecule has 1 fully saturated rings. The van der Waals surface area contributed by atoms with Gasteiger partial charge in [-0.3, -0.25) is 9.36 Å². The van der Waals surface area contributed by atoms with Crippen molar-refractivity contribution in [3.63, 3.8) is 0 Å². The molecule has 11 heteroatoms. The zero-order chi connectivity index (χ0) is 26.4. The van der Waals surface area contributed by atoms with Crippen molar-refractivity contribution in [1.29, 1.82) is 0 Å². The second-order valence-electron chi connectivity index (χ2n) is 9.26. The maximum atomic E-state index is 13.8. The Hall–Kier alpha value is -3.31. The summed E-state index contributed by atoms with van der Waals surface area (Å²) in [4.78, 5) is 34.3. The molecule has 0 unspecified atom stereocenters. The number of anilines is 1. The minimum atomic E-state index is -0.728. The standard InChI is InChI=1S/C27H26BrN3O6S/c1-3-34-26(33)22-15(2)29-27-31(23(22)16-7-8-19-20(11-16)36-14-35-19)24(32)21(38-27)13-17-12-18(28)25(37-17)30-9-5-4-6-10-30/h7-8,11-13,23H,3-6,9-10,14H2,1-2H3/b21-13+/t23-/m0/s1. The molecule has 3 aromatic rings. The predicted molar refractivity (Wildman–Crippen MR) is 145 cm³/mol. The largest absolute Gasteiger partial charge is 0.463 e. The first-order valence-corrected chi connectivity index (χ1v) is 14.2. The van der Waals surface area contributed by atoms with E-state index in [-0.39, 0.29) is 19.0 Å². The van der Waals surface area contributed by atoms with Crippen LogP contribution in [-0.4, -0.2) is 37.0 Å². The van der Waals surface area contributed by atoms with E-state index in [1.165, 1.54) is 17.8 Å². The highest BCUT2D eigenvalue weighted by Gasteiger charge is 2.34. The first-order valence-electron chi connectivity index (χ1n) is 12.6. The molecule has 2 aromatic heterocycles. The molecule has 5 heterocycles. The molecule has 3 aliphatic rings. The third-order valence-corrected chi connectivity index (χ3v) is 8.38. The summed E-state index contributed by atoms with van der Waals surface area (Å²) in [5.41, 5.74) is 1.26. The van der Waals surface area contributed by atoms with E-state index in [9.17, 15) is 9.59 Å². The average Bonchev–Trinajstić information content (AvgIpc) is 3.61. The summed E-state index contributed by atoms with van der Waals surface area (Å²) in [7, 11) is 0. The molecular formula is C27H26BrN3O6S. The molecule has 0 aliphatic carbocycles. The smallest absolute Gasteiger partial charge is 0.338 e. The highest BCUT2D eigenvalue weighted by Crippen LogP contribution is 2.38. The Balaban J connectivity index is 1.47. The van der Waals surface area contributed by atoms with Gasteiger partial charge < -0.3 is 23.5 Å². The van der Waals surface area contributed by atoms with Gasteiger partial charge in [0, 0.05) is 25.2 Å². The number of piperidine rings is 1. The summed E-state index contributed by atoms with van der Waals surface area (Å²) in [6.07, 6.45) is 5.22. The number of halogens is 1. The first-order chi connectivity index (χ1) is 18.4. The van der Waals surface area contributed by atoms with E-state index >= 15 is 0 Å². The topological polar surface area (TPSA) is 95.5 Å². The van der Waals surface area contributed by atoms with Gasteiger partial charge in [0.1, 0.15) is 5.76 Å². The van der Waals surface area contributed by atoms with E-state index in [0.29, 0.717) is 43.4 Å². The number of nitrogens with zero attached hydrogens (tertiary/aromatic N) is 3. The molecule has 38 heavy (non-hydrogen) atoms. The second kappa shape index (κ2) is 10.1. The van der Waals surface area contributed by atoms with E-state index in [1.807, 2.05) is 12.1 Å². The summed E-state index contributed by atoms with van der Waals surface area (Å²) >= 11 is 4.88. The van der Waals surface area contributed by atoms with Gasteiger partial charge in [0.25, 0.3) is 5.56 Å². The number of benzene rings is 1. The molecular weight excluding hydrogens is 574 g/mol. The minimum Gasteiger partial charge on any atom is -0.463 e. The van der Waals surface area contributed by atoms with Crippen molar-refractivity contribution in [3.8, 4) is 11.5 Å². The molecule has 0 saturated carbocycles. The van der Waals surface area contributed by atoms with Gasteiger partial charge in [0.05, 0.1) is 32.9 Å². The van der Waals surface area contributed by atoms with Crippen LogP contribution in [0.3, 0.4) is 0 Å². The SMILES string of the molecule is CCOC(=O)C1=C(C)N=c2s/c(=C/c3cc(Br)c(N4CCCCC4)o3)c(=O)n2[C@H]1c1ccc2c(c1)OCO2. The highest BCUT2D eigenvalue weighted by molar-refractivity contribution is 9.10. The molecule has 198 valence electrons. The number of hydrogen-bond acceptors (Lipinski definition) is 9. The number of ether oxygens (including phenoxy) is 3. The average molecular weight is 600 g/mol. The van der Waals surface area contributed by atoms with Gasteiger partial charge in [-0.2, -0.15) is 0 Å². The molecule has 1 atom stereocenters. The number of hydrogen-bond donors (Lipinski definition) is 0. The minimum absolute atomic E-state index is 0.124. The Morgan fingerprint density at radius 2 is 2.00 bits per heavy atom. The number of carbonyl (C=O) groups excluding carboxylic acids is 1. The molecule has 0 spiro atoms. The molecule has 1 saturated heterocycles. The van der Waals surface area contributed by atoms with Crippen LogP contribution in [0.5, 0.6) is 11.5 Å². The number of thiazole rings is 1. The Bertz CT molecular complexity index is 1630. The van der Waals surface area contributed by atoms with Crippen molar-refractivity contribution in [2.24, 2.45) is 4.99 Å². The normalized spacial score (nSPS) is 19.0. The van der Waals surface area contributed by atoms with Crippen LogP contribution in [-0.2, 0) is 9.53 Å². The second-order valence-corrected chi connectivity index (χ2v) is 11.1. The van der Waals surface area contributed by atoms with Gasteiger partial charge in [-0.15, -0.1) is 0 Å². The Labute approximate surface area is 230 Å². The van der Waals surface area contributed by atoms with Crippen molar-refractivity contribution >= 4 is 45.2 Å². The van der Waals surface area contributed by atoms with Crippen LogP contribution < -0.4 is 29.3 Å². The predicted octanol–water partition coefficient (Wildman–Crippen LogP) is 3.87. The molecule has 1 aromatic carbocycles. The number of carbonyl (C=O) groups is 1. The zero-order valence-corrected chi connectivity index (χ0v) is 23.4. The molecule has 9 nitrogen and oxygen atoms in total. The molecule has 6 rings (SSSR count). The zero-order valence-electron chi connectivity index (χ0n) is 21.0. The van der Waals surface area contributed by atoms with Crippen LogP contribution in [0.4, 0.5) is 5.88 Å². The molecule has 0 radical (unpaired) electrons. The Morgan fingerprint density at radius 3 is 2.79 bits per heavy atom. The lowest BCUT2D eigenvalue weighted by atomic mass is 9.95. The van der Waals surface area contributed by atoms with Crippen molar-refractivity contribution < 1.29 is 23.4 Å². The Kier molecular flexibility index (Phi) is 6.65. The number of esters is 1. The van der Waals surface area contributed by atoms with Gasteiger partial charge in [0.15, 0.2) is 16.3 Å². The van der Waals surface area contributed by atoms with Gasteiger partial charge in [0.2, 0.25) is 12.7 Å². The number of allylic oxidation sites excluding steroid dienone is 1. The van der Waals surface area contributed by atoms with Crippen molar-refractivity contribution in [2.75, 3.05) is 31.4 Å². The maximum absolute atomic E-state index is 13.8. The quantitative estimate of drug-likeness (QED) is 0.411. The molecule has 0 amide bonds. The summed E-state index contributed by atoms with van der Waals surface area (Å²) in [6.45, 7) is 5.73. The molecule has 0 N–H and O–H groups in total. The van der Waals surface area contributed by atoms with Gasteiger partial charge in [-0.1, -0.05) is 17.4 Å².